The number of aromatic nitrogens is 4. The largest absolute Gasteiger partial charge is 0.341 e. The molecule has 0 saturated carbocycles. The quantitative estimate of drug-likeness (QED) is 0.0531. The summed E-state index contributed by atoms with van der Waals surface area (Å²) in [5.41, 5.74) is 21.6. The zero-order valence-electron chi connectivity index (χ0n) is 45.2. The van der Waals surface area contributed by atoms with E-state index in [2.05, 4.69) is 235 Å². The summed E-state index contributed by atoms with van der Waals surface area (Å²) in [6, 6.07) is 24.5. The first-order valence-electron chi connectivity index (χ1n) is 26.7. The second-order valence-electron chi connectivity index (χ2n) is 19.2. The fourth-order valence-corrected chi connectivity index (χ4v) is 10.1. The number of rotatable bonds is 21. The van der Waals surface area contributed by atoms with Gasteiger partial charge in [0.2, 0.25) is 0 Å². The molecule has 0 fully saturated rings. The number of benzene rings is 2. The second kappa shape index (κ2) is 26.1. The number of anilines is 3. The van der Waals surface area contributed by atoms with E-state index in [1.807, 2.05) is 50.2 Å². The van der Waals surface area contributed by atoms with E-state index >= 15 is 0 Å². The van der Waals surface area contributed by atoms with Gasteiger partial charge in [0.25, 0.3) is 0 Å². The van der Waals surface area contributed by atoms with Gasteiger partial charge in [0.15, 0.2) is 0 Å². The van der Waals surface area contributed by atoms with Crippen molar-refractivity contribution in [3.8, 4) is 17.5 Å². The van der Waals surface area contributed by atoms with Crippen LogP contribution in [0.3, 0.4) is 0 Å². The molecule has 0 radical (unpaired) electrons. The summed E-state index contributed by atoms with van der Waals surface area (Å²) in [4.78, 5) is 18.1. The Hall–Kier alpha value is -8.27. The Morgan fingerprint density at radius 3 is 2.27 bits per heavy atom. The van der Waals surface area contributed by atoms with Gasteiger partial charge in [-0.15, -0.1) is 0 Å². The van der Waals surface area contributed by atoms with Crippen LogP contribution in [0, 0.1) is 18.8 Å². The smallest absolute Gasteiger partial charge is 0.0578 e. The number of allylic oxidation sites excluding steroid dienone is 17. The normalized spacial score (nSPS) is 14.5. The first-order valence-corrected chi connectivity index (χ1v) is 26.7. The molecule has 0 amide bonds. The Balaban J connectivity index is 1.11. The Labute approximate surface area is 447 Å². The topological polar surface area (TPSA) is 50.1 Å². The highest BCUT2D eigenvalue weighted by molar-refractivity contribution is 5.94. The van der Waals surface area contributed by atoms with E-state index in [1.165, 1.54) is 50.4 Å². The Kier molecular flexibility index (Phi) is 18.5. The molecule has 0 saturated heterocycles. The van der Waals surface area contributed by atoms with E-state index in [1.54, 1.807) is 0 Å². The molecule has 6 aromatic rings. The molecule has 0 unspecified atom stereocenters. The predicted octanol–water partition coefficient (Wildman–Crippen LogP) is 17.4. The molecule has 0 bridgehead atoms. The van der Waals surface area contributed by atoms with Gasteiger partial charge in [0.1, 0.15) is 0 Å². The van der Waals surface area contributed by atoms with Crippen LogP contribution in [0.2, 0.25) is 0 Å². The Bertz CT molecular complexity index is 3370. The van der Waals surface area contributed by atoms with E-state index < -0.39 is 0 Å². The summed E-state index contributed by atoms with van der Waals surface area (Å²) >= 11 is 0. The van der Waals surface area contributed by atoms with Gasteiger partial charge in [0.05, 0.1) is 22.6 Å². The minimum Gasteiger partial charge on any atom is -0.341 e. The molecule has 2 aliphatic rings. The highest BCUT2D eigenvalue weighted by Crippen LogP contribution is 2.42. The molecular formula is C69H72N6. The predicted molar refractivity (Wildman–Crippen MR) is 320 cm³/mol. The molecule has 6 heteroatoms. The molecule has 6 nitrogen and oxygen atoms in total. The van der Waals surface area contributed by atoms with Crippen LogP contribution >= 0.6 is 0 Å². The standard InChI is InChI=1S/C69H72N6/c1-9-15-17-21-41-73(61-35-38-70-39-36-61)60(13-5)30-25-53(11-3)44-54(12-4)45-57(46-56-28-31-62(32-29-56)74-67(23-16-10-2)64(14-6)65-50-71-40-37-68(65)74)43-51(7)42-55-26-33-63(34-27-55)75-66-24-20-18-19-22-58(66)47-59-49-72-48-52(8)69(59)75/h9,12,14-17,20-21,23-40,43,45,48-50H,6,10-11,13,18,41-42,44,46-47H2,1-5,7-8H3/b15-9-,21-17-,23-16-,51-43+,53-25+,54-12-,57-45+,60-30+. The molecule has 75 heavy (non-hydrogen) atoms. The molecule has 378 valence electrons. The molecule has 5 heterocycles. The number of fused-ring (bicyclic) bond motifs is 2. The third-order valence-corrected chi connectivity index (χ3v) is 13.9. The molecule has 4 aromatic heterocycles. The number of hydrogen-bond donors (Lipinski definition) is 0. The lowest BCUT2D eigenvalue weighted by Crippen LogP contribution is -2.24. The van der Waals surface area contributed by atoms with Gasteiger partial charge in [-0.25, -0.2) is 0 Å². The van der Waals surface area contributed by atoms with Crippen molar-refractivity contribution in [3.05, 3.63) is 256 Å². The first kappa shape index (κ1) is 53.0. The van der Waals surface area contributed by atoms with Crippen LogP contribution in [-0.2, 0) is 19.3 Å². The van der Waals surface area contributed by atoms with Crippen LogP contribution < -0.4 is 9.80 Å². The second-order valence-corrected chi connectivity index (χ2v) is 19.2. The van der Waals surface area contributed by atoms with Crippen molar-refractivity contribution in [3.63, 3.8) is 0 Å². The van der Waals surface area contributed by atoms with Gasteiger partial charge in [-0.2, -0.15) is 0 Å². The fourth-order valence-electron chi connectivity index (χ4n) is 10.1. The van der Waals surface area contributed by atoms with Crippen molar-refractivity contribution in [2.24, 2.45) is 0 Å². The number of pyridine rings is 3. The van der Waals surface area contributed by atoms with Gasteiger partial charge >= 0.3 is 0 Å². The van der Waals surface area contributed by atoms with E-state index in [0.717, 1.165) is 114 Å². The monoisotopic (exact) mass is 985 g/mol. The fraction of sp³-hybridized carbons (Fsp3) is 0.232. The minimum absolute atomic E-state index is 0.754. The number of aryl methyl sites for hydroxylation is 1. The molecule has 0 spiro atoms. The SMILES string of the molecule is C=Cc1c(/C=C\CC)n(-c2ccc(CC(=C/C(=C\C)C/C(=C/C=C(\CC)N(C/C=C\C=C/C)c3ccncc3)CC)/C=C(\C)Cc3ccc(N4C5=C(C#CCC=C5)Cc5cncc(C)c54)cc3)cc2)c2ccncc12. The maximum absolute atomic E-state index is 4.56. The Morgan fingerprint density at radius 1 is 0.787 bits per heavy atom. The molecule has 2 aromatic carbocycles. The average molecular weight is 985 g/mol. The Morgan fingerprint density at radius 2 is 1.55 bits per heavy atom. The van der Waals surface area contributed by atoms with Crippen molar-refractivity contribution in [2.75, 3.05) is 16.3 Å². The van der Waals surface area contributed by atoms with Gasteiger partial charge in [0, 0.05) is 95.8 Å². The third-order valence-electron chi connectivity index (χ3n) is 13.9. The molecule has 8 rings (SSSR count). The van der Waals surface area contributed by atoms with Crippen molar-refractivity contribution < 1.29 is 0 Å². The van der Waals surface area contributed by atoms with Crippen molar-refractivity contribution in [1.29, 1.82) is 0 Å². The third kappa shape index (κ3) is 12.9. The van der Waals surface area contributed by atoms with Crippen LogP contribution in [0.15, 0.2) is 223 Å². The van der Waals surface area contributed by atoms with Crippen LogP contribution in [0.5, 0.6) is 0 Å². The maximum Gasteiger partial charge on any atom is 0.0578 e. The first-order chi connectivity index (χ1) is 36.8. The van der Waals surface area contributed by atoms with Gasteiger partial charge in [-0.1, -0.05) is 141 Å². The summed E-state index contributed by atoms with van der Waals surface area (Å²) < 4.78 is 2.33. The van der Waals surface area contributed by atoms with Crippen molar-refractivity contribution in [1.82, 2.24) is 19.5 Å². The summed E-state index contributed by atoms with van der Waals surface area (Å²) in [7, 11) is 0. The van der Waals surface area contributed by atoms with Gasteiger partial charge < -0.3 is 14.4 Å². The van der Waals surface area contributed by atoms with Crippen molar-refractivity contribution in [2.45, 2.75) is 99.8 Å². The molecule has 1 aliphatic heterocycles. The summed E-state index contributed by atoms with van der Waals surface area (Å²) in [6.45, 7) is 20.3. The molecule has 0 N–H and O–H groups in total. The lowest BCUT2D eigenvalue weighted by atomic mass is 9.94. The van der Waals surface area contributed by atoms with Crippen molar-refractivity contribution >= 4 is 40.1 Å². The highest BCUT2D eigenvalue weighted by Gasteiger charge is 2.27. The van der Waals surface area contributed by atoms with Crippen LogP contribution in [-0.4, -0.2) is 26.1 Å². The van der Waals surface area contributed by atoms with Gasteiger partial charge in [-0.3, -0.25) is 15.0 Å². The minimum atomic E-state index is 0.754. The van der Waals surface area contributed by atoms with Crippen LogP contribution in [0.4, 0.5) is 17.1 Å². The number of nitrogens with zero attached hydrogens (tertiary/aromatic N) is 6. The van der Waals surface area contributed by atoms with Crippen LogP contribution in [0.25, 0.3) is 28.7 Å². The van der Waals surface area contributed by atoms with E-state index in [0.29, 0.717) is 0 Å². The average Bonchev–Trinajstić information content (AvgIpc) is 3.56. The summed E-state index contributed by atoms with van der Waals surface area (Å²) in [5.74, 6) is 6.80. The van der Waals surface area contributed by atoms with Gasteiger partial charge in [-0.05, 0) is 160 Å². The van der Waals surface area contributed by atoms with Crippen LogP contribution in [0.1, 0.15) is 107 Å². The summed E-state index contributed by atoms with van der Waals surface area (Å²) in [5, 5.41) is 1.10. The van der Waals surface area contributed by atoms with E-state index in [-0.39, 0.29) is 0 Å². The molecular weight excluding hydrogens is 913 g/mol. The number of hydrogen-bond acceptors (Lipinski definition) is 5. The zero-order valence-corrected chi connectivity index (χ0v) is 45.2. The highest BCUT2D eigenvalue weighted by atomic mass is 15.2. The molecule has 1 aliphatic carbocycles. The van der Waals surface area contributed by atoms with E-state index in [9.17, 15) is 0 Å². The van der Waals surface area contributed by atoms with E-state index in [4.69, 9.17) is 0 Å². The maximum atomic E-state index is 4.56. The zero-order chi connectivity index (χ0) is 52.5. The lowest BCUT2D eigenvalue weighted by Gasteiger charge is -2.34. The summed E-state index contributed by atoms with van der Waals surface area (Å²) in [6.07, 6.45) is 49.4. The lowest BCUT2D eigenvalue weighted by molar-refractivity contribution is 0.924. The molecule has 0 atom stereocenters.